The van der Waals surface area contributed by atoms with E-state index in [1.54, 1.807) is 0 Å². The molecular formula is C11H21BrMgO2. The van der Waals surface area contributed by atoms with E-state index in [9.17, 15) is 0 Å². The van der Waals surface area contributed by atoms with Gasteiger partial charge in [-0.25, -0.2) is 0 Å². The molecule has 15 heavy (non-hydrogen) atoms. The van der Waals surface area contributed by atoms with Crippen molar-refractivity contribution in [2.75, 3.05) is 20.0 Å². The first kappa shape index (κ1) is 21.2. The fraction of sp³-hybridized carbons (Fsp3) is 0.727. The summed E-state index contributed by atoms with van der Waals surface area (Å²) in [5.74, 6) is 0. The third kappa shape index (κ3) is 20.9. The van der Waals surface area contributed by atoms with Crippen molar-refractivity contribution < 1.29 is 26.5 Å². The fourth-order valence-corrected chi connectivity index (χ4v) is 0.810. The topological polar surface area (TPSA) is 18.5 Å². The summed E-state index contributed by atoms with van der Waals surface area (Å²) in [6, 6.07) is 0. The molecule has 2 nitrogen and oxygen atoms in total. The molecular weight excluding hydrogens is 268 g/mol. The molecule has 0 amide bonds. The van der Waals surface area contributed by atoms with Gasteiger partial charge in [0.05, 0.1) is 6.61 Å². The monoisotopic (exact) mass is 288 g/mol. The number of hydrogen-bond acceptors (Lipinski definition) is 2. The summed E-state index contributed by atoms with van der Waals surface area (Å²) in [5, 5.41) is 0. The Labute approximate surface area is 121 Å². The van der Waals surface area contributed by atoms with Gasteiger partial charge >= 0.3 is 23.1 Å². The predicted octanol–water partition coefficient (Wildman–Crippen LogP) is -0.429. The Bertz CT molecular complexity index is 121. The van der Waals surface area contributed by atoms with Crippen molar-refractivity contribution >= 4 is 23.1 Å². The zero-order valence-corrected chi connectivity index (χ0v) is 12.7. The molecule has 0 atom stereocenters. The molecule has 0 saturated carbocycles. The molecule has 0 aromatic carbocycles. The van der Waals surface area contributed by atoms with Crippen LogP contribution in [-0.2, 0) is 9.47 Å². The van der Waals surface area contributed by atoms with Gasteiger partial charge in [0.2, 0.25) is 0 Å². The van der Waals surface area contributed by atoms with Crippen LogP contribution in [0.1, 0.15) is 32.6 Å². The van der Waals surface area contributed by atoms with E-state index in [-0.39, 0.29) is 40.0 Å². The van der Waals surface area contributed by atoms with E-state index in [1.807, 2.05) is 6.08 Å². The van der Waals surface area contributed by atoms with Crippen LogP contribution < -0.4 is 17.0 Å². The van der Waals surface area contributed by atoms with E-state index in [0.29, 0.717) is 6.79 Å². The Morgan fingerprint density at radius 3 is 2.40 bits per heavy atom. The van der Waals surface area contributed by atoms with E-state index in [1.165, 1.54) is 6.42 Å². The second-order valence-corrected chi connectivity index (χ2v) is 2.84. The summed E-state index contributed by atoms with van der Waals surface area (Å²) >= 11 is 0. The first-order valence-electron chi connectivity index (χ1n) is 5.01. The smallest absolute Gasteiger partial charge is 1.00 e. The third-order valence-corrected chi connectivity index (χ3v) is 1.57. The molecule has 0 rings (SSSR count). The summed E-state index contributed by atoms with van der Waals surface area (Å²) in [6.45, 7) is 7.83. The van der Waals surface area contributed by atoms with Gasteiger partial charge in [-0.3, -0.25) is 0 Å². The van der Waals surface area contributed by atoms with E-state index in [0.717, 1.165) is 32.5 Å². The van der Waals surface area contributed by atoms with Crippen LogP contribution in [0.4, 0.5) is 0 Å². The minimum absolute atomic E-state index is 0. The molecule has 0 radical (unpaired) electrons. The van der Waals surface area contributed by atoms with Crippen molar-refractivity contribution in [3.63, 3.8) is 0 Å². The van der Waals surface area contributed by atoms with Crippen LogP contribution in [0.2, 0.25) is 0 Å². The third-order valence-electron chi connectivity index (χ3n) is 1.57. The zero-order valence-electron chi connectivity index (χ0n) is 9.71. The molecule has 0 aliphatic heterocycles. The van der Waals surface area contributed by atoms with E-state index < -0.39 is 0 Å². The number of rotatable bonds is 9. The number of ether oxygens (including phenoxy) is 2. The zero-order chi connectivity index (χ0) is 9.78. The van der Waals surface area contributed by atoms with Gasteiger partial charge in [-0.15, -0.1) is 6.08 Å². The predicted molar refractivity (Wildman–Crippen MR) is 61.2 cm³/mol. The molecule has 0 aromatic heterocycles. The van der Waals surface area contributed by atoms with Crippen LogP contribution in [0.25, 0.3) is 0 Å². The summed E-state index contributed by atoms with van der Waals surface area (Å²) < 4.78 is 10.5. The number of unbranched alkanes of at least 4 members (excludes halogenated alkanes) is 1. The van der Waals surface area contributed by atoms with Gasteiger partial charge in [0, 0.05) is 6.61 Å². The van der Waals surface area contributed by atoms with E-state index in [2.05, 4.69) is 19.9 Å². The summed E-state index contributed by atoms with van der Waals surface area (Å²) in [6.07, 6.45) is 8.22. The van der Waals surface area contributed by atoms with Gasteiger partial charge in [0.25, 0.3) is 0 Å². The van der Waals surface area contributed by atoms with Gasteiger partial charge < -0.3 is 33.4 Å². The molecule has 0 fully saturated rings. The second kappa shape index (κ2) is 20.3. The average molecular weight is 289 g/mol. The van der Waals surface area contributed by atoms with Crippen molar-refractivity contribution in [2.45, 2.75) is 32.6 Å². The van der Waals surface area contributed by atoms with Crippen LogP contribution in [0, 0.1) is 6.92 Å². The normalized spacial score (nSPS) is 9.73. The first-order valence-corrected chi connectivity index (χ1v) is 5.01. The Hall–Kier alpha value is 0.906. The quantitative estimate of drug-likeness (QED) is 0.189. The molecule has 0 aromatic rings. The van der Waals surface area contributed by atoms with E-state index in [4.69, 9.17) is 9.47 Å². The average Bonchev–Trinajstić information content (AvgIpc) is 2.16. The van der Waals surface area contributed by atoms with Crippen molar-refractivity contribution in [2.24, 2.45) is 0 Å². The van der Waals surface area contributed by atoms with Crippen LogP contribution in [-0.4, -0.2) is 43.1 Å². The Balaban J connectivity index is -0.000000720. The molecule has 0 unspecified atom stereocenters. The number of hydrogen-bond donors (Lipinski definition) is 0. The van der Waals surface area contributed by atoms with E-state index >= 15 is 0 Å². The standard InChI is InChI=1S/C11H21O2.BrH.Mg/c1-3-5-7-8-10-13-11-12-9-6-4-2;;/h5,7H,1,3-4,6,8-11H2,2H3;1H;/q-1;;+2/p-1/b7-5-;;. The SMILES string of the molecule is [Br-].[CH2-]C/C=C\CCOCOCCCC.[Mg+2]. The summed E-state index contributed by atoms with van der Waals surface area (Å²) in [5.41, 5.74) is 0. The number of allylic oxidation sites excluding steroid dienone is 1. The first-order chi connectivity index (χ1) is 6.41. The van der Waals surface area contributed by atoms with Crippen molar-refractivity contribution in [3.05, 3.63) is 19.1 Å². The molecule has 0 spiro atoms. The molecule has 0 aliphatic rings. The van der Waals surface area contributed by atoms with Gasteiger partial charge in [-0.05, 0) is 12.8 Å². The molecule has 0 bridgehead atoms. The molecule has 0 N–H and O–H groups in total. The largest absolute Gasteiger partial charge is 2.00 e. The van der Waals surface area contributed by atoms with Crippen molar-refractivity contribution in [1.29, 1.82) is 0 Å². The summed E-state index contributed by atoms with van der Waals surface area (Å²) in [4.78, 5) is 0. The van der Waals surface area contributed by atoms with Crippen LogP contribution in [0.3, 0.4) is 0 Å². The van der Waals surface area contributed by atoms with Crippen molar-refractivity contribution in [3.8, 4) is 0 Å². The maximum Gasteiger partial charge on any atom is 2.00 e. The minimum Gasteiger partial charge on any atom is -1.00 e. The van der Waals surface area contributed by atoms with Gasteiger partial charge in [-0.1, -0.05) is 19.4 Å². The minimum atomic E-state index is 0. The Morgan fingerprint density at radius 1 is 1.13 bits per heavy atom. The maximum absolute atomic E-state index is 5.23. The fourth-order valence-electron chi connectivity index (χ4n) is 0.810. The molecule has 0 heterocycles. The van der Waals surface area contributed by atoms with Gasteiger partial charge in [0.15, 0.2) is 0 Å². The molecule has 0 saturated heterocycles. The molecule has 4 heteroatoms. The molecule has 0 aliphatic carbocycles. The van der Waals surface area contributed by atoms with Crippen LogP contribution in [0.15, 0.2) is 12.2 Å². The summed E-state index contributed by atoms with van der Waals surface area (Å²) in [7, 11) is 0. The second-order valence-electron chi connectivity index (χ2n) is 2.84. The molecule has 86 valence electrons. The maximum atomic E-state index is 5.23. The van der Waals surface area contributed by atoms with Crippen LogP contribution in [0.5, 0.6) is 0 Å². The van der Waals surface area contributed by atoms with Gasteiger partial charge in [-0.2, -0.15) is 6.42 Å². The van der Waals surface area contributed by atoms with Crippen LogP contribution >= 0.6 is 0 Å². The van der Waals surface area contributed by atoms with Crippen molar-refractivity contribution in [1.82, 2.24) is 0 Å². The Kier molecular flexibility index (Phi) is 28.8. The van der Waals surface area contributed by atoms with Gasteiger partial charge in [0.1, 0.15) is 6.79 Å². The Morgan fingerprint density at radius 2 is 1.80 bits per heavy atom. The number of halogens is 1.